The van der Waals surface area contributed by atoms with Gasteiger partial charge in [-0.25, -0.2) is 9.97 Å². The second kappa shape index (κ2) is 5.55. The monoisotopic (exact) mass is 281 g/mol. The molecule has 1 aromatic carbocycles. The zero-order chi connectivity index (χ0) is 13.1. The van der Waals surface area contributed by atoms with Gasteiger partial charge in [0, 0.05) is 18.2 Å². The first-order chi connectivity index (χ1) is 8.58. The van der Waals surface area contributed by atoms with Crippen molar-refractivity contribution in [1.29, 1.82) is 0 Å². The molecule has 0 aliphatic carbocycles. The van der Waals surface area contributed by atoms with Crippen molar-refractivity contribution in [3.63, 3.8) is 0 Å². The predicted molar refractivity (Wildman–Crippen MR) is 75.1 cm³/mol. The van der Waals surface area contributed by atoms with Crippen LogP contribution >= 0.6 is 23.2 Å². The van der Waals surface area contributed by atoms with Gasteiger partial charge in [-0.3, -0.25) is 0 Å². The first-order valence-corrected chi connectivity index (χ1v) is 6.40. The highest BCUT2D eigenvalue weighted by Gasteiger charge is 2.05. The molecular formula is C13H13Cl2N3. The Labute approximate surface area is 116 Å². The van der Waals surface area contributed by atoms with E-state index in [0.717, 1.165) is 17.7 Å². The number of hydrogen-bond donors (Lipinski definition) is 1. The zero-order valence-corrected chi connectivity index (χ0v) is 11.5. The van der Waals surface area contributed by atoms with Crippen LogP contribution in [0.4, 0.5) is 5.82 Å². The van der Waals surface area contributed by atoms with Gasteiger partial charge in [0.15, 0.2) is 0 Å². The predicted octanol–water partition coefficient (Wildman–Crippen LogP) is 3.52. The number of rotatable bonds is 3. The largest absolute Gasteiger partial charge is 0.384 e. The van der Waals surface area contributed by atoms with Gasteiger partial charge in [-0.1, -0.05) is 36.2 Å². The summed E-state index contributed by atoms with van der Waals surface area (Å²) in [5.41, 5.74) is 7.70. The minimum Gasteiger partial charge on any atom is -0.384 e. The van der Waals surface area contributed by atoms with E-state index in [-0.39, 0.29) is 0 Å². The Kier molecular flexibility index (Phi) is 4.04. The highest BCUT2D eigenvalue weighted by molar-refractivity contribution is 6.42. The van der Waals surface area contributed by atoms with Crippen LogP contribution in [0.25, 0.3) is 0 Å². The van der Waals surface area contributed by atoms with E-state index in [1.165, 1.54) is 0 Å². The van der Waals surface area contributed by atoms with Crippen molar-refractivity contribution in [2.24, 2.45) is 0 Å². The topological polar surface area (TPSA) is 51.8 Å². The van der Waals surface area contributed by atoms with Gasteiger partial charge >= 0.3 is 0 Å². The van der Waals surface area contributed by atoms with Crippen LogP contribution in [-0.4, -0.2) is 9.97 Å². The SMILES string of the molecule is CCc1cc(N)nc(Cc2ccc(Cl)c(Cl)c2)n1. The van der Waals surface area contributed by atoms with Crippen molar-refractivity contribution in [3.05, 3.63) is 51.4 Å². The quantitative estimate of drug-likeness (QED) is 0.937. The van der Waals surface area contributed by atoms with Crippen molar-refractivity contribution in [2.75, 3.05) is 5.73 Å². The minimum absolute atomic E-state index is 0.497. The molecule has 1 heterocycles. The summed E-state index contributed by atoms with van der Waals surface area (Å²) in [7, 11) is 0. The van der Waals surface area contributed by atoms with Gasteiger partial charge in [0.25, 0.3) is 0 Å². The van der Waals surface area contributed by atoms with Crippen molar-refractivity contribution >= 4 is 29.0 Å². The molecule has 1 aromatic heterocycles. The zero-order valence-electron chi connectivity index (χ0n) is 9.95. The molecule has 2 rings (SSSR count). The van der Waals surface area contributed by atoms with Crippen LogP contribution in [0, 0.1) is 0 Å². The molecule has 3 nitrogen and oxygen atoms in total. The number of anilines is 1. The number of halogens is 2. The highest BCUT2D eigenvalue weighted by Crippen LogP contribution is 2.23. The van der Waals surface area contributed by atoms with Crippen LogP contribution in [0.3, 0.4) is 0 Å². The lowest BCUT2D eigenvalue weighted by Gasteiger charge is -2.05. The van der Waals surface area contributed by atoms with Gasteiger partial charge in [0.2, 0.25) is 0 Å². The van der Waals surface area contributed by atoms with E-state index >= 15 is 0 Å². The fourth-order valence-electron chi connectivity index (χ4n) is 1.67. The van der Waals surface area contributed by atoms with Crippen LogP contribution < -0.4 is 5.73 Å². The number of benzene rings is 1. The Morgan fingerprint density at radius 2 is 1.89 bits per heavy atom. The molecule has 0 bridgehead atoms. The van der Waals surface area contributed by atoms with E-state index < -0.39 is 0 Å². The first kappa shape index (κ1) is 13.1. The standard InChI is InChI=1S/C13H13Cl2N3/c1-2-9-7-12(16)18-13(17-9)6-8-3-4-10(14)11(15)5-8/h3-5,7H,2,6H2,1H3,(H2,16,17,18). The lowest BCUT2D eigenvalue weighted by molar-refractivity contribution is 0.911. The number of aromatic nitrogens is 2. The van der Waals surface area contributed by atoms with Gasteiger partial charge in [-0.15, -0.1) is 0 Å². The lowest BCUT2D eigenvalue weighted by atomic mass is 10.1. The molecule has 2 N–H and O–H groups in total. The smallest absolute Gasteiger partial charge is 0.135 e. The van der Waals surface area contributed by atoms with Crippen LogP contribution in [0.2, 0.25) is 10.0 Å². The molecule has 0 aliphatic heterocycles. The fourth-order valence-corrected chi connectivity index (χ4v) is 1.99. The maximum atomic E-state index is 5.97. The number of nitrogens with zero attached hydrogens (tertiary/aromatic N) is 2. The summed E-state index contributed by atoms with van der Waals surface area (Å²) >= 11 is 11.8. The Bertz CT molecular complexity index is 570. The third-order valence-corrected chi connectivity index (χ3v) is 3.29. The van der Waals surface area contributed by atoms with Crippen LogP contribution in [0.15, 0.2) is 24.3 Å². The average Bonchev–Trinajstić information content (AvgIpc) is 2.33. The Balaban J connectivity index is 2.27. The molecular weight excluding hydrogens is 269 g/mol. The summed E-state index contributed by atoms with van der Waals surface area (Å²) in [5.74, 6) is 1.20. The van der Waals surface area contributed by atoms with Crippen molar-refractivity contribution in [2.45, 2.75) is 19.8 Å². The number of nitrogens with two attached hydrogens (primary N) is 1. The summed E-state index contributed by atoms with van der Waals surface area (Å²) in [6, 6.07) is 7.29. The molecule has 0 aliphatic rings. The van der Waals surface area contributed by atoms with Crippen molar-refractivity contribution < 1.29 is 0 Å². The summed E-state index contributed by atoms with van der Waals surface area (Å²) in [6.45, 7) is 2.03. The third-order valence-electron chi connectivity index (χ3n) is 2.55. The van der Waals surface area contributed by atoms with E-state index in [4.69, 9.17) is 28.9 Å². The number of hydrogen-bond acceptors (Lipinski definition) is 3. The third kappa shape index (κ3) is 3.12. The molecule has 18 heavy (non-hydrogen) atoms. The Morgan fingerprint density at radius 1 is 1.11 bits per heavy atom. The van der Waals surface area contributed by atoms with Crippen LogP contribution in [0.5, 0.6) is 0 Å². The van der Waals surface area contributed by atoms with Crippen LogP contribution in [0.1, 0.15) is 24.0 Å². The molecule has 5 heteroatoms. The molecule has 0 unspecified atom stereocenters. The van der Waals surface area contributed by atoms with Gasteiger partial charge in [0.1, 0.15) is 11.6 Å². The molecule has 0 spiro atoms. The van der Waals surface area contributed by atoms with E-state index in [1.807, 2.05) is 19.1 Å². The molecule has 0 saturated carbocycles. The summed E-state index contributed by atoms with van der Waals surface area (Å²) in [4.78, 5) is 8.65. The Morgan fingerprint density at radius 3 is 2.56 bits per heavy atom. The molecule has 0 saturated heterocycles. The van der Waals surface area contributed by atoms with Crippen molar-refractivity contribution in [3.8, 4) is 0 Å². The van der Waals surface area contributed by atoms with Crippen LogP contribution in [-0.2, 0) is 12.8 Å². The summed E-state index contributed by atoms with van der Waals surface area (Å²) < 4.78 is 0. The summed E-state index contributed by atoms with van der Waals surface area (Å²) in [6.07, 6.45) is 1.43. The first-order valence-electron chi connectivity index (χ1n) is 5.64. The van der Waals surface area contributed by atoms with Crippen molar-refractivity contribution in [1.82, 2.24) is 9.97 Å². The highest BCUT2D eigenvalue weighted by atomic mass is 35.5. The average molecular weight is 282 g/mol. The fraction of sp³-hybridized carbons (Fsp3) is 0.231. The normalized spacial score (nSPS) is 10.6. The number of nitrogen functional groups attached to an aromatic ring is 1. The van der Waals surface area contributed by atoms with Gasteiger partial charge in [-0.2, -0.15) is 0 Å². The number of aryl methyl sites for hydroxylation is 1. The Hall–Kier alpha value is -1.32. The second-order valence-electron chi connectivity index (χ2n) is 3.98. The van der Waals surface area contributed by atoms with Gasteiger partial charge < -0.3 is 5.73 Å². The molecule has 0 fully saturated rings. The van der Waals surface area contributed by atoms with E-state index in [1.54, 1.807) is 12.1 Å². The van der Waals surface area contributed by atoms with Gasteiger partial charge in [0.05, 0.1) is 10.0 Å². The minimum atomic E-state index is 0.497. The molecule has 2 aromatic rings. The lowest BCUT2D eigenvalue weighted by Crippen LogP contribution is -2.03. The second-order valence-corrected chi connectivity index (χ2v) is 4.79. The molecule has 0 atom stereocenters. The van der Waals surface area contributed by atoms with E-state index in [2.05, 4.69) is 9.97 Å². The van der Waals surface area contributed by atoms with Gasteiger partial charge in [-0.05, 0) is 24.1 Å². The summed E-state index contributed by atoms with van der Waals surface area (Å²) in [5, 5.41) is 1.08. The van der Waals surface area contributed by atoms with E-state index in [0.29, 0.717) is 28.1 Å². The maximum absolute atomic E-state index is 5.97. The molecule has 0 radical (unpaired) electrons. The molecule has 0 amide bonds. The maximum Gasteiger partial charge on any atom is 0.135 e. The molecule has 94 valence electrons. The van der Waals surface area contributed by atoms with E-state index in [9.17, 15) is 0 Å².